The molecule has 0 spiro atoms. The van der Waals surface area contributed by atoms with Gasteiger partial charge in [-0.25, -0.2) is 8.78 Å². The normalized spacial score (nSPS) is 20.5. The van der Waals surface area contributed by atoms with Crippen molar-refractivity contribution in [3.8, 4) is 5.75 Å². The topological polar surface area (TPSA) is 91.6 Å². The fraction of sp³-hybridized carbons (Fsp3) is 0.381. The lowest BCUT2D eigenvalue weighted by molar-refractivity contribution is 0.0604. The number of halogens is 2. The summed E-state index contributed by atoms with van der Waals surface area (Å²) in [6, 6.07) is 2.80. The number of hydrogen-bond donors (Lipinski definition) is 2. The molecule has 158 valence electrons. The van der Waals surface area contributed by atoms with Gasteiger partial charge in [-0.15, -0.1) is 0 Å². The number of nitrogens with one attached hydrogen (secondary N) is 1. The lowest BCUT2D eigenvalue weighted by Crippen LogP contribution is -2.47. The van der Waals surface area contributed by atoms with Crippen molar-refractivity contribution in [2.75, 3.05) is 6.54 Å². The zero-order valence-electron chi connectivity index (χ0n) is 16.3. The van der Waals surface area contributed by atoms with Gasteiger partial charge in [-0.1, -0.05) is 6.07 Å². The molecule has 4 rings (SSSR count). The molecule has 2 aliphatic heterocycles. The second-order valence-electron chi connectivity index (χ2n) is 7.79. The smallest absolute Gasteiger partial charge is 0.274 e. The number of aromatic hydroxyl groups is 1. The molecule has 9 heteroatoms. The predicted octanol–water partition coefficient (Wildman–Crippen LogP) is 2.33. The summed E-state index contributed by atoms with van der Waals surface area (Å²) in [5.74, 6) is -3.57. The van der Waals surface area contributed by atoms with Crippen molar-refractivity contribution in [1.82, 2.24) is 14.8 Å². The van der Waals surface area contributed by atoms with Crippen LogP contribution in [0.1, 0.15) is 58.6 Å². The second-order valence-corrected chi connectivity index (χ2v) is 7.79. The first-order valence-electron chi connectivity index (χ1n) is 9.79. The average molecular weight is 417 g/mol. The van der Waals surface area contributed by atoms with Gasteiger partial charge in [0.1, 0.15) is 17.2 Å². The summed E-state index contributed by atoms with van der Waals surface area (Å²) in [7, 11) is 0. The minimum absolute atomic E-state index is 0.000618. The number of aromatic nitrogens is 1. The maximum Gasteiger partial charge on any atom is 0.274 e. The molecule has 7 nitrogen and oxygen atoms in total. The zero-order chi connectivity index (χ0) is 21.6. The molecule has 2 aliphatic rings. The van der Waals surface area contributed by atoms with Gasteiger partial charge in [0, 0.05) is 37.0 Å². The van der Waals surface area contributed by atoms with Crippen molar-refractivity contribution in [1.29, 1.82) is 0 Å². The minimum atomic E-state index is -0.959. The van der Waals surface area contributed by atoms with E-state index in [0.29, 0.717) is 12.6 Å². The third kappa shape index (κ3) is 3.34. The third-order valence-electron chi connectivity index (χ3n) is 5.87. The number of fused-ring (bicyclic) bond motifs is 4. The predicted molar refractivity (Wildman–Crippen MR) is 103 cm³/mol. The first-order valence-corrected chi connectivity index (χ1v) is 9.79. The van der Waals surface area contributed by atoms with Crippen LogP contribution in [0, 0.1) is 11.6 Å². The highest BCUT2D eigenvalue weighted by Crippen LogP contribution is 2.34. The van der Waals surface area contributed by atoms with Gasteiger partial charge in [0.05, 0.1) is 6.04 Å². The second kappa shape index (κ2) is 7.55. The fourth-order valence-electron chi connectivity index (χ4n) is 4.17. The molecule has 2 aromatic rings. The molecular weight excluding hydrogens is 396 g/mol. The highest BCUT2D eigenvalue weighted by atomic mass is 19.1. The van der Waals surface area contributed by atoms with E-state index in [4.69, 9.17) is 0 Å². The Morgan fingerprint density at radius 2 is 2.03 bits per heavy atom. The van der Waals surface area contributed by atoms with E-state index < -0.39 is 34.6 Å². The molecule has 2 N–H and O–H groups in total. The van der Waals surface area contributed by atoms with Crippen LogP contribution < -0.4 is 10.7 Å². The number of benzene rings is 1. The van der Waals surface area contributed by atoms with Gasteiger partial charge < -0.3 is 19.9 Å². The molecule has 2 amide bonds. The Bertz CT molecular complexity index is 1100. The van der Waals surface area contributed by atoms with Crippen LogP contribution >= 0.6 is 0 Å². The van der Waals surface area contributed by atoms with Gasteiger partial charge in [0.25, 0.3) is 11.8 Å². The molecule has 1 fully saturated rings. The summed E-state index contributed by atoms with van der Waals surface area (Å²) in [5, 5.41) is 12.9. The Kier molecular flexibility index (Phi) is 5.05. The van der Waals surface area contributed by atoms with Crippen LogP contribution in [-0.4, -0.2) is 39.0 Å². The number of rotatable bonds is 3. The Balaban J connectivity index is 1.66. The summed E-state index contributed by atoms with van der Waals surface area (Å²) < 4.78 is 28.3. The van der Waals surface area contributed by atoms with E-state index in [1.54, 1.807) is 4.90 Å². The number of nitrogens with zero attached hydrogens (tertiary/aromatic N) is 2. The third-order valence-corrected chi connectivity index (χ3v) is 5.87. The van der Waals surface area contributed by atoms with E-state index in [0.717, 1.165) is 25.3 Å². The Morgan fingerprint density at radius 3 is 2.77 bits per heavy atom. The number of carbonyl (C=O) groups is 2. The van der Waals surface area contributed by atoms with Gasteiger partial charge in [0.15, 0.2) is 11.4 Å². The average Bonchev–Trinajstić information content (AvgIpc) is 2.87. The van der Waals surface area contributed by atoms with Crippen LogP contribution in [0.15, 0.2) is 29.2 Å². The van der Waals surface area contributed by atoms with Crippen LogP contribution in [0.25, 0.3) is 0 Å². The molecule has 0 aliphatic carbocycles. The number of hydrogen-bond acceptors (Lipinski definition) is 4. The molecule has 2 bridgehead atoms. The maximum absolute atomic E-state index is 13.8. The molecule has 0 radical (unpaired) electrons. The van der Waals surface area contributed by atoms with Crippen molar-refractivity contribution in [3.63, 3.8) is 0 Å². The van der Waals surface area contributed by atoms with Gasteiger partial charge in [-0.3, -0.25) is 14.4 Å². The van der Waals surface area contributed by atoms with Crippen LogP contribution in [0.4, 0.5) is 8.78 Å². The van der Waals surface area contributed by atoms with Crippen molar-refractivity contribution >= 4 is 11.8 Å². The molecule has 1 unspecified atom stereocenters. The lowest BCUT2D eigenvalue weighted by atomic mass is 10.1. The molecule has 1 saturated heterocycles. The first-order chi connectivity index (χ1) is 14.3. The highest BCUT2D eigenvalue weighted by Gasteiger charge is 2.38. The first kappa shape index (κ1) is 20.1. The van der Waals surface area contributed by atoms with Crippen molar-refractivity contribution in [2.24, 2.45) is 0 Å². The van der Waals surface area contributed by atoms with E-state index in [9.17, 15) is 28.3 Å². The Morgan fingerprint density at radius 1 is 1.27 bits per heavy atom. The van der Waals surface area contributed by atoms with E-state index in [1.165, 1.54) is 16.8 Å². The molecular formula is C21H21F2N3O4. The SMILES string of the molecule is CC1CCC[C@@H]2CN1C(=O)c1c(O)c(=O)c(C(=O)NCc3ccc(F)cc3F)cn12. The van der Waals surface area contributed by atoms with Gasteiger partial charge >= 0.3 is 0 Å². The molecule has 3 heterocycles. The summed E-state index contributed by atoms with van der Waals surface area (Å²) in [4.78, 5) is 39.7. The van der Waals surface area contributed by atoms with E-state index in [1.807, 2.05) is 6.92 Å². The van der Waals surface area contributed by atoms with Gasteiger partial charge in [-0.05, 0) is 32.3 Å². The number of pyridine rings is 1. The monoisotopic (exact) mass is 417 g/mol. The van der Waals surface area contributed by atoms with Crippen molar-refractivity contribution < 1.29 is 23.5 Å². The van der Waals surface area contributed by atoms with Gasteiger partial charge in [0.2, 0.25) is 5.43 Å². The van der Waals surface area contributed by atoms with E-state index >= 15 is 0 Å². The molecule has 0 saturated carbocycles. The van der Waals surface area contributed by atoms with E-state index in [-0.39, 0.29) is 35.4 Å². The summed E-state index contributed by atoms with van der Waals surface area (Å²) >= 11 is 0. The highest BCUT2D eigenvalue weighted by molar-refractivity contribution is 5.99. The van der Waals surface area contributed by atoms with Crippen LogP contribution in [0.5, 0.6) is 5.75 Å². The quantitative estimate of drug-likeness (QED) is 0.802. The maximum atomic E-state index is 13.8. The van der Waals surface area contributed by atoms with Crippen LogP contribution in [-0.2, 0) is 6.54 Å². The zero-order valence-corrected chi connectivity index (χ0v) is 16.3. The Labute approximate surface area is 170 Å². The minimum Gasteiger partial charge on any atom is -0.503 e. The van der Waals surface area contributed by atoms with Crippen molar-refractivity contribution in [3.05, 3.63) is 63.1 Å². The summed E-state index contributed by atoms with van der Waals surface area (Å²) in [6.07, 6.45) is 3.72. The molecule has 1 aromatic heterocycles. The fourth-order valence-corrected chi connectivity index (χ4v) is 4.17. The molecule has 1 aromatic carbocycles. The van der Waals surface area contributed by atoms with Crippen LogP contribution in [0.2, 0.25) is 0 Å². The van der Waals surface area contributed by atoms with Crippen LogP contribution in [0.3, 0.4) is 0 Å². The number of carbonyl (C=O) groups excluding carboxylic acids is 2. The van der Waals surface area contributed by atoms with Crippen molar-refractivity contribution in [2.45, 2.75) is 44.8 Å². The molecule has 2 atom stereocenters. The largest absolute Gasteiger partial charge is 0.503 e. The Hall–Kier alpha value is -3.23. The molecule has 30 heavy (non-hydrogen) atoms. The standard InChI is InChI=1S/C21H21F2N3O4/c1-11-3-2-4-14-9-25(11)21(30)17-19(28)18(27)15(10-26(14)17)20(29)24-8-12-5-6-13(22)7-16(12)23/h5-7,10-11,14,28H,2-4,8-9H2,1H3,(H,24,29)/t11?,14-/m1/s1. The van der Waals surface area contributed by atoms with E-state index in [2.05, 4.69) is 5.32 Å². The summed E-state index contributed by atoms with van der Waals surface area (Å²) in [6.45, 7) is 2.11. The number of amides is 2. The summed E-state index contributed by atoms with van der Waals surface area (Å²) in [5.41, 5.74) is -1.35. The lowest BCUT2D eigenvalue weighted by Gasteiger charge is -2.37. The van der Waals surface area contributed by atoms with Gasteiger partial charge in [-0.2, -0.15) is 0 Å².